The van der Waals surface area contributed by atoms with Gasteiger partial charge in [-0.25, -0.2) is 0 Å². The lowest BCUT2D eigenvalue weighted by molar-refractivity contribution is -0.575. The van der Waals surface area contributed by atoms with Gasteiger partial charge in [-0.1, -0.05) is 13.8 Å². The van der Waals surface area contributed by atoms with Crippen molar-refractivity contribution >= 4 is 16.2 Å². The monoisotopic (exact) mass is 167 g/mol. The van der Waals surface area contributed by atoms with Crippen LogP contribution in [0.3, 0.4) is 0 Å². The van der Waals surface area contributed by atoms with Crippen molar-refractivity contribution in [2.24, 2.45) is 0 Å². The maximum Gasteiger partial charge on any atom is 0.295 e. The Morgan fingerprint density at radius 3 is 2.91 bits per heavy atom. The third-order valence-corrected chi connectivity index (χ3v) is 1.91. The zero-order chi connectivity index (χ0) is 8.10. The molecular formula is C8H11N2S+. The summed E-state index contributed by atoms with van der Waals surface area (Å²) in [5.41, 5.74) is 1.83. The lowest BCUT2D eigenvalue weighted by Crippen LogP contribution is -2.20. The molecule has 0 saturated heterocycles. The SMILES string of the molecule is CC.c1cc[n+]2ncsc2c1. The molecule has 58 valence electrons. The Balaban J connectivity index is 0.000000281. The lowest BCUT2D eigenvalue weighted by Gasteiger charge is -1.72. The smallest absolute Gasteiger partial charge is 0.0683 e. The molecule has 2 heterocycles. The van der Waals surface area contributed by atoms with Gasteiger partial charge in [-0.05, 0) is 21.9 Å². The van der Waals surface area contributed by atoms with Crippen molar-refractivity contribution in [2.75, 3.05) is 0 Å². The molecule has 0 amide bonds. The molecule has 0 saturated carbocycles. The first-order valence-corrected chi connectivity index (χ1v) is 4.55. The van der Waals surface area contributed by atoms with Crippen LogP contribution < -0.4 is 4.52 Å². The van der Waals surface area contributed by atoms with Gasteiger partial charge in [-0.3, -0.25) is 0 Å². The minimum Gasteiger partial charge on any atom is -0.0683 e. The Kier molecular flexibility index (Phi) is 2.98. The molecule has 0 N–H and O–H groups in total. The van der Waals surface area contributed by atoms with Gasteiger partial charge in [0.15, 0.2) is 5.51 Å². The highest BCUT2D eigenvalue weighted by molar-refractivity contribution is 7.14. The van der Waals surface area contributed by atoms with E-state index in [0.717, 1.165) is 0 Å². The largest absolute Gasteiger partial charge is 0.295 e. The van der Waals surface area contributed by atoms with Crippen LogP contribution in [-0.4, -0.2) is 5.10 Å². The van der Waals surface area contributed by atoms with Crippen molar-refractivity contribution in [1.82, 2.24) is 5.10 Å². The van der Waals surface area contributed by atoms with Crippen LogP contribution in [0.1, 0.15) is 13.8 Å². The summed E-state index contributed by atoms with van der Waals surface area (Å²) in [6.07, 6.45) is 1.94. The summed E-state index contributed by atoms with van der Waals surface area (Å²) in [7, 11) is 0. The zero-order valence-electron chi connectivity index (χ0n) is 6.69. The van der Waals surface area contributed by atoms with Crippen molar-refractivity contribution in [1.29, 1.82) is 0 Å². The fraction of sp³-hybridized carbons (Fsp3) is 0.250. The van der Waals surface area contributed by atoms with E-state index in [2.05, 4.69) is 5.10 Å². The molecule has 0 atom stereocenters. The first kappa shape index (κ1) is 8.14. The number of aromatic nitrogens is 2. The van der Waals surface area contributed by atoms with Gasteiger partial charge in [0, 0.05) is 17.2 Å². The van der Waals surface area contributed by atoms with Crippen LogP contribution >= 0.6 is 11.3 Å². The Hall–Kier alpha value is -0.960. The molecule has 0 aliphatic heterocycles. The molecule has 0 fully saturated rings. The van der Waals surface area contributed by atoms with Gasteiger partial charge in [0.1, 0.15) is 0 Å². The predicted molar refractivity (Wildman–Crippen MR) is 46.6 cm³/mol. The molecular weight excluding hydrogens is 156 g/mol. The molecule has 0 aliphatic rings. The van der Waals surface area contributed by atoms with Crippen LogP contribution in [0.25, 0.3) is 4.83 Å². The van der Waals surface area contributed by atoms with Gasteiger partial charge >= 0.3 is 0 Å². The number of nitrogens with zero attached hydrogens (tertiary/aromatic N) is 2. The van der Waals surface area contributed by atoms with Crippen LogP contribution in [0.4, 0.5) is 0 Å². The van der Waals surface area contributed by atoms with Gasteiger partial charge < -0.3 is 0 Å². The fourth-order valence-electron chi connectivity index (χ4n) is 0.736. The van der Waals surface area contributed by atoms with Crippen molar-refractivity contribution in [3.05, 3.63) is 29.9 Å². The number of hydrogen-bond acceptors (Lipinski definition) is 2. The maximum atomic E-state index is 4.05. The molecule has 11 heavy (non-hydrogen) atoms. The van der Waals surface area contributed by atoms with Gasteiger partial charge in [0.25, 0.3) is 4.83 Å². The predicted octanol–water partition coefficient (Wildman–Crippen LogP) is 1.91. The summed E-state index contributed by atoms with van der Waals surface area (Å²) in [4.78, 5) is 1.18. The first-order chi connectivity index (χ1) is 5.47. The van der Waals surface area contributed by atoms with E-state index in [1.807, 2.05) is 48.3 Å². The van der Waals surface area contributed by atoms with Gasteiger partial charge in [-0.15, -0.1) is 0 Å². The lowest BCUT2D eigenvalue weighted by atomic mass is 10.5. The molecule has 0 radical (unpaired) electrons. The Morgan fingerprint density at radius 2 is 2.18 bits per heavy atom. The maximum absolute atomic E-state index is 4.05. The second kappa shape index (κ2) is 4.03. The molecule has 0 bridgehead atoms. The standard InChI is InChI=1S/C6H5N2S.C2H6/c1-2-4-8-6(3-1)9-5-7-8;1-2/h1-5H;1-2H3/q+1;. The molecule has 3 heteroatoms. The molecule has 2 nitrogen and oxygen atoms in total. The van der Waals surface area contributed by atoms with Crippen molar-refractivity contribution in [3.8, 4) is 0 Å². The number of pyridine rings is 1. The number of fused-ring (bicyclic) bond motifs is 1. The molecule has 2 aromatic heterocycles. The molecule has 2 aromatic rings. The number of hydrogen-bond donors (Lipinski definition) is 0. The van der Waals surface area contributed by atoms with E-state index in [1.54, 1.807) is 11.3 Å². The third kappa shape index (κ3) is 1.74. The first-order valence-electron chi connectivity index (χ1n) is 3.67. The van der Waals surface area contributed by atoms with Crippen molar-refractivity contribution < 1.29 is 4.52 Å². The van der Waals surface area contributed by atoms with E-state index in [4.69, 9.17) is 0 Å². The van der Waals surface area contributed by atoms with Gasteiger partial charge in [-0.2, -0.15) is 0 Å². The Labute approximate surface area is 70.1 Å². The summed E-state index contributed by atoms with van der Waals surface area (Å²) in [5, 5.41) is 4.05. The van der Waals surface area contributed by atoms with Gasteiger partial charge in [0.05, 0.1) is 0 Å². The third-order valence-electron chi connectivity index (χ3n) is 1.15. The van der Waals surface area contributed by atoms with E-state index < -0.39 is 0 Å². The Morgan fingerprint density at radius 1 is 1.36 bits per heavy atom. The summed E-state index contributed by atoms with van der Waals surface area (Å²) in [6.45, 7) is 4.00. The normalized spacial score (nSPS) is 8.91. The highest BCUT2D eigenvalue weighted by atomic mass is 32.1. The number of rotatable bonds is 0. The summed E-state index contributed by atoms with van der Waals surface area (Å²) < 4.78 is 1.85. The molecule has 0 spiro atoms. The van der Waals surface area contributed by atoms with Crippen molar-refractivity contribution in [2.45, 2.75) is 13.8 Å². The van der Waals surface area contributed by atoms with Crippen LogP contribution in [0.2, 0.25) is 0 Å². The van der Waals surface area contributed by atoms with Gasteiger partial charge in [0.2, 0.25) is 6.20 Å². The minimum absolute atomic E-state index is 1.18. The molecule has 2 rings (SSSR count). The van der Waals surface area contributed by atoms with E-state index in [-0.39, 0.29) is 0 Å². The van der Waals surface area contributed by atoms with Crippen LogP contribution in [0.5, 0.6) is 0 Å². The molecule has 0 aliphatic carbocycles. The van der Waals surface area contributed by atoms with Crippen LogP contribution in [0.15, 0.2) is 29.9 Å². The van der Waals surface area contributed by atoms with E-state index in [9.17, 15) is 0 Å². The zero-order valence-corrected chi connectivity index (χ0v) is 7.51. The molecule has 0 aromatic carbocycles. The van der Waals surface area contributed by atoms with Crippen molar-refractivity contribution in [3.63, 3.8) is 0 Å². The topological polar surface area (TPSA) is 17.0 Å². The summed E-state index contributed by atoms with van der Waals surface area (Å²) >= 11 is 1.64. The second-order valence-electron chi connectivity index (χ2n) is 1.72. The van der Waals surface area contributed by atoms with Crippen LogP contribution in [0, 0.1) is 0 Å². The average molecular weight is 167 g/mol. The summed E-state index contributed by atoms with van der Waals surface area (Å²) in [5.74, 6) is 0. The highest BCUT2D eigenvalue weighted by Gasteiger charge is 1.99. The highest BCUT2D eigenvalue weighted by Crippen LogP contribution is 1.99. The van der Waals surface area contributed by atoms with E-state index in [1.165, 1.54) is 4.83 Å². The van der Waals surface area contributed by atoms with Crippen LogP contribution in [-0.2, 0) is 0 Å². The summed E-state index contributed by atoms with van der Waals surface area (Å²) in [6, 6.07) is 6.01. The fourth-order valence-corrected chi connectivity index (χ4v) is 1.37. The van der Waals surface area contributed by atoms with E-state index >= 15 is 0 Å². The average Bonchev–Trinajstić information content (AvgIpc) is 2.55. The quantitative estimate of drug-likeness (QED) is 0.548. The Bertz CT molecular complexity index is 286. The second-order valence-corrected chi connectivity index (χ2v) is 2.59. The molecule has 0 unspecified atom stereocenters. The van der Waals surface area contributed by atoms with E-state index in [0.29, 0.717) is 0 Å². The minimum atomic E-state index is 1.18.